The molecular weight excluding hydrogens is 504 g/mol. The Morgan fingerprint density at radius 3 is 2.51 bits per heavy atom. The van der Waals surface area contributed by atoms with Crippen LogP contribution in [0.3, 0.4) is 0 Å². The van der Waals surface area contributed by atoms with E-state index in [2.05, 4.69) is 5.32 Å². The number of carbonyl (C=O) groups is 1. The van der Waals surface area contributed by atoms with E-state index in [0.717, 1.165) is 18.2 Å². The normalized spacial score (nSPS) is 11.5. The van der Waals surface area contributed by atoms with Crippen LogP contribution in [0.1, 0.15) is 16.7 Å². The predicted molar refractivity (Wildman–Crippen MR) is 127 cm³/mol. The highest BCUT2D eigenvalue weighted by Crippen LogP contribution is 2.34. The van der Waals surface area contributed by atoms with Gasteiger partial charge in [0.15, 0.2) is 11.5 Å². The minimum Gasteiger partial charge on any atom is -0.493 e. The molecule has 0 saturated carbocycles. The number of hydrogen-bond donors (Lipinski definition) is 1. The Balaban J connectivity index is 1.89. The van der Waals surface area contributed by atoms with E-state index in [9.17, 15) is 23.2 Å². The monoisotopic (exact) mass is 520 g/mol. The molecule has 0 fully saturated rings. The van der Waals surface area contributed by atoms with Crippen LogP contribution in [-0.2, 0) is 17.6 Å². The quantitative estimate of drug-likeness (QED) is 0.265. The molecule has 0 aliphatic heterocycles. The molecule has 0 aromatic heterocycles. The molecule has 0 unspecified atom stereocenters. The zero-order valence-corrected chi connectivity index (χ0v) is 19.6. The van der Waals surface area contributed by atoms with Crippen LogP contribution < -0.4 is 14.8 Å². The maximum Gasteiger partial charge on any atom is 0.416 e. The van der Waals surface area contributed by atoms with Gasteiger partial charge in [-0.3, -0.25) is 4.79 Å². The van der Waals surface area contributed by atoms with Crippen molar-refractivity contribution >= 4 is 40.9 Å². The van der Waals surface area contributed by atoms with Crippen LogP contribution in [0.5, 0.6) is 11.5 Å². The summed E-state index contributed by atoms with van der Waals surface area (Å²) in [6, 6.07) is 15.6. The molecule has 0 radical (unpaired) electrons. The second-order valence-corrected chi connectivity index (χ2v) is 7.95. The fourth-order valence-electron chi connectivity index (χ4n) is 3.03. The Morgan fingerprint density at radius 2 is 1.86 bits per heavy atom. The van der Waals surface area contributed by atoms with Crippen LogP contribution in [0.25, 0.3) is 6.08 Å². The minimum absolute atomic E-state index is 0.0372. The van der Waals surface area contributed by atoms with Gasteiger partial charge in [0, 0.05) is 26.9 Å². The smallest absolute Gasteiger partial charge is 0.416 e. The second kappa shape index (κ2) is 11.2. The zero-order chi connectivity index (χ0) is 25.6. The van der Waals surface area contributed by atoms with Crippen LogP contribution in [0.15, 0.2) is 66.2 Å². The summed E-state index contributed by atoms with van der Waals surface area (Å²) >= 11 is 12.1. The van der Waals surface area contributed by atoms with Gasteiger partial charge in [-0.1, -0.05) is 47.5 Å². The first-order valence-corrected chi connectivity index (χ1v) is 10.7. The second-order valence-electron chi connectivity index (χ2n) is 7.11. The molecule has 0 atom stereocenters. The van der Waals surface area contributed by atoms with E-state index in [1.807, 2.05) is 0 Å². The molecule has 3 aromatic carbocycles. The van der Waals surface area contributed by atoms with Gasteiger partial charge in [0.25, 0.3) is 5.91 Å². The Hall–Kier alpha value is -3.67. The van der Waals surface area contributed by atoms with Crippen molar-refractivity contribution in [2.24, 2.45) is 0 Å². The van der Waals surface area contributed by atoms with E-state index in [0.29, 0.717) is 26.9 Å². The summed E-state index contributed by atoms with van der Waals surface area (Å²) in [6.45, 7) is 0.0372. The number of para-hydroxylation sites is 1. The van der Waals surface area contributed by atoms with E-state index in [1.54, 1.807) is 42.5 Å². The first-order chi connectivity index (χ1) is 16.6. The standard InChI is InChI=1S/C25H17Cl2F3N2O3/c1-34-22-7-2-4-15(23(22)35-14-16-8-9-19(26)12-21(16)27)10-17(13-31)24(33)32-20-6-3-5-18(11-20)25(28,29)30/h2-12H,14H2,1H3,(H,32,33). The summed E-state index contributed by atoms with van der Waals surface area (Å²) in [5.74, 6) is -0.318. The fourth-order valence-corrected chi connectivity index (χ4v) is 3.49. The number of halogens is 5. The molecule has 0 heterocycles. The third kappa shape index (κ3) is 6.69. The van der Waals surface area contributed by atoms with Gasteiger partial charge < -0.3 is 14.8 Å². The average Bonchev–Trinajstić information content (AvgIpc) is 2.81. The van der Waals surface area contributed by atoms with E-state index < -0.39 is 17.6 Å². The summed E-state index contributed by atoms with van der Waals surface area (Å²) < 4.78 is 50.1. The van der Waals surface area contributed by atoms with Crippen molar-refractivity contribution < 1.29 is 27.4 Å². The highest BCUT2D eigenvalue weighted by molar-refractivity contribution is 6.35. The number of nitrogens with zero attached hydrogens (tertiary/aromatic N) is 1. The molecule has 3 rings (SSSR count). The highest BCUT2D eigenvalue weighted by Gasteiger charge is 2.30. The topological polar surface area (TPSA) is 71.3 Å². The summed E-state index contributed by atoms with van der Waals surface area (Å²) in [7, 11) is 1.43. The van der Waals surface area contributed by atoms with Crippen molar-refractivity contribution in [3.63, 3.8) is 0 Å². The Kier molecular flexibility index (Phi) is 8.28. The summed E-state index contributed by atoms with van der Waals surface area (Å²) in [5.41, 5.74) is -0.414. The molecule has 10 heteroatoms. The van der Waals surface area contributed by atoms with E-state index in [4.69, 9.17) is 32.7 Å². The third-order valence-corrected chi connectivity index (χ3v) is 5.32. The minimum atomic E-state index is -4.57. The number of ether oxygens (including phenoxy) is 2. The van der Waals surface area contributed by atoms with Crippen LogP contribution in [0, 0.1) is 11.3 Å². The van der Waals surface area contributed by atoms with Crippen molar-refractivity contribution in [3.05, 3.63) is 93.0 Å². The van der Waals surface area contributed by atoms with Gasteiger partial charge in [-0.05, 0) is 42.5 Å². The van der Waals surface area contributed by atoms with Gasteiger partial charge in [-0.2, -0.15) is 18.4 Å². The van der Waals surface area contributed by atoms with Gasteiger partial charge >= 0.3 is 6.18 Å². The fraction of sp³-hybridized carbons (Fsp3) is 0.120. The largest absolute Gasteiger partial charge is 0.493 e. The zero-order valence-electron chi connectivity index (χ0n) is 18.1. The van der Waals surface area contributed by atoms with E-state index >= 15 is 0 Å². The molecule has 35 heavy (non-hydrogen) atoms. The predicted octanol–water partition coefficient (Wildman–Crippen LogP) is 7.15. The van der Waals surface area contributed by atoms with Gasteiger partial charge in [-0.25, -0.2) is 0 Å². The number of rotatable bonds is 7. The average molecular weight is 521 g/mol. The summed E-state index contributed by atoms with van der Waals surface area (Å²) in [4.78, 5) is 12.6. The maximum absolute atomic E-state index is 13.0. The molecular formula is C25H17Cl2F3N2O3. The third-order valence-electron chi connectivity index (χ3n) is 4.73. The van der Waals surface area contributed by atoms with Gasteiger partial charge in [-0.15, -0.1) is 0 Å². The summed E-state index contributed by atoms with van der Waals surface area (Å²) in [5, 5.41) is 12.7. The SMILES string of the molecule is COc1cccc(C=C(C#N)C(=O)Nc2cccc(C(F)(F)F)c2)c1OCc1ccc(Cl)cc1Cl. The number of hydrogen-bond acceptors (Lipinski definition) is 4. The molecule has 0 saturated heterocycles. The molecule has 5 nitrogen and oxygen atoms in total. The van der Waals surface area contributed by atoms with Crippen molar-refractivity contribution in [1.29, 1.82) is 5.26 Å². The van der Waals surface area contributed by atoms with Crippen molar-refractivity contribution in [2.75, 3.05) is 12.4 Å². The van der Waals surface area contributed by atoms with Crippen LogP contribution in [0.4, 0.5) is 18.9 Å². The number of carbonyl (C=O) groups excluding carboxylic acids is 1. The lowest BCUT2D eigenvalue weighted by Gasteiger charge is -2.14. The lowest BCUT2D eigenvalue weighted by Crippen LogP contribution is -2.14. The Labute approximate surface area is 209 Å². The molecule has 0 bridgehead atoms. The number of nitrogens with one attached hydrogen (secondary N) is 1. The van der Waals surface area contributed by atoms with Gasteiger partial charge in [0.05, 0.1) is 12.7 Å². The first kappa shape index (κ1) is 25.9. The Bertz CT molecular complexity index is 1320. The van der Waals surface area contributed by atoms with Gasteiger partial charge in [0.1, 0.15) is 18.2 Å². The molecule has 0 aliphatic carbocycles. The first-order valence-electron chi connectivity index (χ1n) is 9.96. The lowest BCUT2D eigenvalue weighted by atomic mass is 10.1. The van der Waals surface area contributed by atoms with Crippen LogP contribution >= 0.6 is 23.2 Å². The van der Waals surface area contributed by atoms with Crippen LogP contribution in [0.2, 0.25) is 10.0 Å². The number of methoxy groups -OCH3 is 1. The van der Waals surface area contributed by atoms with E-state index in [-0.39, 0.29) is 23.6 Å². The van der Waals surface area contributed by atoms with Crippen molar-refractivity contribution in [1.82, 2.24) is 0 Å². The number of amides is 1. The lowest BCUT2D eigenvalue weighted by molar-refractivity contribution is -0.137. The Morgan fingerprint density at radius 1 is 1.11 bits per heavy atom. The van der Waals surface area contributed by atoms with Crippen molar-refractivity contribution in [2.45, 2.75) is 12.8 Å². The van der Waals surface area contributed by atoms with Gasteiger partial charge in [0.2, 0.25) is 0 Å². The molecule has 0 spiro atoms. The molecule has 1 amide bonds. The molecule has 180 valence electrons. The molecule has 1 N–H and O–H groups in total. The highest BCUT2D eigenvalue weighted by atomic mass is 35.5. The number of nitriles is 1. The number of benzene rings is 3. The van der Waals surface area contributed by atoms with Crippen LogP contribution in [-0.4, -0.2) is 13.0 Å². The molecule has 3 aromatic rings. The van der Waals surface area contributed by atoms with E-state index in [1.165, 1.54) is 19.3 Å². The maximum atomic E-state index is 13.0. The number of alkyl halides is 3. The number of anilines is 1. The molecule has 0 aliphatic rings. The van der Waals surface area contributed by atoms with Crippen molar-refractivity contribution in [3.8, 4) is 17.6 Å². The summed E-state index contributed by atoms with van der Waals surface area (Å²) in [6.07, 6.45) is -3.32.